The molecule has 27 heavy (non-hydrogen) atoms. The number of alkyl halides is 1. The number of aromatic hydroxyl groups is 1. The lowest BCUT2D eigenvalue weighted by Crippen LogP contribution is -2.32. The van der Waals surface area contributed by atoms with Crippen LogP contribution in [0.5, 0.6) is 11.6 Å². The molecule has 1 N–H and O–H groups in total. The molecule has 1 aliphatic carbocycles. The molecule has 6 heteroatoms. The number of phenolic OH excluding ortho intramolecular Hbond substituents is 1. The van der Waals surface area contributed by atoms with Crippen molar-refractivity contribution in [3.8, 4) is 34.0 Å². The molecule has 0 radical (unpaired) electrons. The molecule has 1 aliphatic rings. The lowest BCUT2D eigenvalue weighted by Gasteiger charge is -2.25. The molecule has 0 aliphatic heterocycles. The topological polar surface area (TPSA) is 55.2 Å². The minimum absolute atomic E-state index is 0.149. The zero-order valence-electron chi connectivity index (χ0n) is 15.1. The van der Waals surface area contributed by atoms with Crippen LogP contribution in [-0.2, 0) is 0 Å². The largest absolute Gasteiger partial charge is 0.507 e. The monoisotopic (exact) mass is 384 g/mol. The highest BCUT2D eigenvalue weighted by molar-refractivity contribution is 7.10. The molecule has 0 spiro atoms. The predicted molar refractivity (Wildman–Crippen MR) is 105 cm³/mol. The number of halogens is 1. The van der Waals surface area contributed by atoms with Crippen molar-refractivity contribution in [3.05, 3.63) is 46.7 Å². The van der Waals surface area contributed by atoms with Crippen molar-refractivity contribution in [2.75, 3.05) is 0 Å². The fourth-order valence-electron chi connectivity index (χ4n) is 3.39. The van der Waals surface area contributed by atoms with Crippen molar-refractivity contribution in [3.63, 3.8) is 0 Å². The van der Waals surface area contributed by atoms with Gasteiger partial charge in [0.1, 0.15) is 18.0 Å². The molecule has 2 atom stereocenters. The van der Waals surface area contributed by atoms with Gasteiger partial charge in [0.15, 0.2) is 0 Å². The third-order valence-electron chi connectivity index (χ3n) is 4.87. The number of aromatic nitrogens is 2. The molecule has 4 rings (SSSR count). The van der Waals surface area contributed by atoms with Crippen molar-refractivity contribution >= 4 is 11.3 Å². The van der Waals surface area contributed by atoms with Gasteiger partial charge in [0.25, 0.3) is 0 Å². The quantitative estimate of drug-likeness (QED) is 0.641. The van der Waals surface area contributed by atoms with Crippen molar-refractivity contribution in [2.45, 2.75) is 44.9 Å². The Balaban J connectivity index is 1.51. The van der Waals surface area contributed by atoms with Gasteiger partial charge in [-0.1, -0.05) is 12.5 Å². The van der Waals surface area contributed by atoms with Gasteiger partial charge in [-0.3, -0.25) is 0 Å². The molecular weight excluding hydrogens is 363 g/mol. The van der Waals surface area contributed by atoms with Crippen LogP contribution in [0, 0.1) is 6.92 Å². The van der Waals surface area contributed by atoms with Gasteiger partial charge >= 0.3 is 0 Å². The van der Waals surface area contributed by atoms with E-state index < -0.39 is 12.3 Å². The Labute approximate surface area is 161 Å². The number of phenols is 1. The molecule has 2 aromatic heterocycles. The first kappa shape index (κ1) is 17.9. The first-order valence-electron chi connectivity index (χ1n) is 9.13. The second kappa shape index (κ2) is 7.64. The molecule has 0 amide bonds. The Kier molecular flexibility index (Phi) is 5.07. The van der Waals surface area contributed by atoms with Crippen LogP contribution in [0.15, 0.2) is 41.8 Å². The number of nitrogens with zero attached hydrogens (tertiary/aromatic N) is 2. The lowest BCUT2D eigenvalue weighted by molar-refractivity contribution is 0.0594. The van der Waals surface area contributed by atoms with E-state index >= 15 is 0 Å². The molecule has 0 bridgehead atoms. The lowest BCUT2D eigenvalue weighted by atomic mass is 9.96. The molecule has 0 unspecified atom stereocenters. The van der Waals surface area contributed by atoms with E-state index in [-0.39, 0.29) is 5.75 Å². The van der Waals surface area contributed by atoms with Crippen LogP contribution in [0.2, 0.25) is 0 Å². The molecular formula is C21H21FN2O2S. The van der Waals surface area contributed by atoms with Crippen molar-refractivity contribution in [1.29, 1.82) is 0 Å². The smallest absolute Gasteiger partial charge is 0.233 e. The number of rotatable bonds is 4. The van der Waals surface area contributed by atoms with E-state index in [0.717, 1.165) is 24.0 Å². The number of hydrogen-bond acceptors (Lipinski definition) is 5. The first-order valence-corrected chi connectivity index (χ1v) is 10.0. The summed E-state index contributed by atoms with van der Waals surface area (Å²) >= 11 is 1.68. The average Bonchev–Trinajstić information content (AvgIpc) is 3.11. The normalized spacial score (nSPS) is 19.8. The zero-order valence-corrected chi connectivity index (χ0v) is 15.9. The summed E-state index contributed by atoms with van der Waals surface area (Å²) in [5.74, 6) is 0.466. The van der Waals surface area contributed by atoms with E-state index in [0.29, 0.717) is 30.0 Å². The van der Waals surface area contributed by atoms with Gasteiger partial charge in [-0.15, -0.1) is 21.5 Å². The van der Waals surface area contributed by atoms with Gasteiger partial charge in [-0.05, 0) is 67.0 Å². The van der Waals surface area contributed by atoms with Crippen LogP contribution in [-0.4, -0.2) is 27.6 Å². The molecule has 2 heterocycles. The summed E-state index contributed by atoms with van der Waals surface area (Å²) in [4.78, 5) is 1.23. The van der Waals surface area contributed by atoms with Crippen LogP contribution >= 0.6 is 11.3 Å². The maximum atomic E-state index is 13.9. The summed E-state index contributed by atoms with van der Waals surface area (Å²) in [6.07, 6.45) is 1.74. The number of hydrogen-bond donors (Lipinski definition) is 1. The number of aryl methyl sites for hydroxylation is 1. The Morgan fingerprint density at radius 2 is 1.93 bits per heavy atom. The van der Waals surface area contributed by atoms with Gasteiger partial charge in [0.2, 0.25) is 5.88 Å². The second-order valence-electron chi connectivity index (χ2n) is 6.89. The SMILES string of the molecule is Cc1cc(-c2ccc(-c3ccc(O[C@@H]4CCCC[C@@H]4F)nn3)c(O)c2)cs1. The molecule has 140 valence electrons. The van der Waals surface area contributed by atoms with E-state index in [1.165, 1.54) is 4.88 Å². The van der Waals surface area contributed by atoms with Crippen molar-refractivity contribution in [1.82, 2.24) is 10.2 Å². The predicted octanol–water partition coefficient (Wildman–Crippen LogP) is 5.55. The summed E-state index contributed by atoms with van der Waals surface area (Å²) in [6, 6.07) is 11.0. The third kappa shape index (κ3) is 3.95. The molecule has 0 saturated heterocycles. The van der Waals surface area contributed by atoms with Crippen LogP contribution in [0.1, 0.15) is 30.6 Å². The highest BCUT2D eigenvalue weighted by Gasteiger charge is 2.26. The van der Waals surface area contributed by atoms with E-state index in [1.54, 1.807) is 29.5 Å². The summed E-state index contributed by atoms with van der Waals surface area (Å²) in [6.45, 7) is 2.06. The Hall–Kier alpha value is -2.47. The third-order valence-corrected chi connectivity index (χ3v) is 5.73. The zero-order chi connectivity index (χ0) is 18.8. The second-order valence-corrected chi connectivity index (χ2v) is 8.01. The van der Waals surface area contributed by atoms with Gasteiger partial charge in [-0.25, -0.2) is 4.39 Å². The van der Waals surface area contributed by atoms with Crippen LogP contribution in [0.4, 0.5) is 4.39 Å². The molecule has 3 aromatic rings. The van der Waals surface area contributed by atoms with Gasteiger partial charge in [0.05, 0.1) is 5.69 Å². The maximum absolute atomic E-state index is 13.9. The van der Waals surface area contributed by atoms with E-state index in [2.05, 4.69) is 28.6 Å². The summed E-state index contributed by atoms with van der Waals surface area (Å²) in [7, 11) is 0. The van der Waals surface area contributed by atoms with Gasteiger partial charge < -0.3 is 9.84 Å². The van der Waals surface area contributed by atoms with Crippen LogP contribution < -0.4 is 4.74 Å². The molecule has 1 saturated carbocycles. The Morgan fingerprint density at radius 1 is 1.07 bits per heavy atom. The fraction of sp³-hybridized carbons (Fsp3) is 0.333. The Morgan fingerprint density at radius 3 is 2.59 bits per heavy atom. The maximum Gasteiger partial charge on any atom is 0.233 e. The van der Waals surface area contributed by atoms with Gasteiger partial charge in [0, 0.05) is 16.5 Å². The van der Waals surface area contributed by atoms with Crippen LogP contribution in [0.3, 0.4) is 0 Å². The molecule has 1 aromatic carbocycles. The number of ether oxygens (including phenoxy) is 1. The highest BCUT2D eigenvalue weighted by atomic mass is 32.1. The fourth-order valence-corrected chi connectivity index (χ4v) is 4.10. The van der Waals surface area contributed by atoms with Crippen LogP contribution in [0.25, 0.3) is 22.4 Å². The minimum atomic E-state index is -0.947. The molecule has 1 fully saturated rings. The standard InChI is InChI=1S/C21H21FN2O2S/c1-13-10-15(12-27-13)14-6-7-16(19(25)11-14)18-8-9-21(24-23-18)26-20-5-3-2-4-17(20)22/h6-12,17,20,25H,2-5H2,1H3/t17-,20+/m0/s1. The number of benzene rings is 1. The van der Waals surface area contributed by atoms with Crippen molar-refractivity contribution in [2.24, 2.45) is 0 Å². The Bertz CT molecular complexity index is 926. The summed E-state index contributed by atoms with van der Waals surface area (Å²) in [5.41, 5.74) is 3.20. The minimum Gasteiger partial charge on any atom is -0.507 e. The van der Waals surface area contributed by atoms with Gasteiger partial charge in [-0.2, -0.15) is 0 Å². The average molecular weight is 384 g/mol. The first-order chi connectivity index (χ1) is 13.1. The molecule has 4 nitrogen and oxygen atoms in total. The van der Waals surface area contributed by atoms with E-state index in [4.69, 9.17) is 4.74 Å². The van der Waals surface area contributed by atoms with Crippen molar-refractivity contribution < 1.29 is 14.2 Å². The van der Waals surface area contributed by atoms with E-state index in [9.17, 15) is 9.50 Å². The summed E-state index contributed by atoms with van der Waals surface area (Å²) < 4.78 is 19.6. The summed E-state index contributed by atoms with van der Waals surface area (Å²) in [5, 5.41) is 20.7. The van der Waals surface area contributed by atoms with E-state index in [1.807, 2.05) is 12.1 Å². The highest BCUT2D eigenvalue weighted by Crippen LogP contribution is 2.34. The number of thiophene rings is 1.